The monoisotopic (exact) mass is 268 g/mol. The van der Waals surface area contributed by atoms with Gasteiger partial charge in [-0.3, -0.25) is 4.99 Å². The highest BCUT2D eigenvalue weighted by molar-refractivity contribution is 5.92. The maximum absolute atomic E-state index is 13.4. The molecule has 0 heterocycles. The van der Waals surface area contributed by atoms with Gasteiger partial charge in [0.2, 0.25) is 0 Å². The predicted octanol–water partition coefficient (Wildman–Crippen LogP) is 1.79. The Morgan fingerprint density at radius 1 is 1.42 bits per heavy atom. The molecule has 104 valence electrons. The first-order valence-corrected chi connectivity index (χ1v) is 6.12. The predicted molar refractivity (Wildman–Crippen MR) is 72.1 cm³/mol. The van der Waals surface area contributed by atoms with E-state index in [9.17, 15) is 8.78 Å². The fourth-order valence-corrected chi connectivity index (χ4v) is 1.89. The first-order valence-electron chi connectivity index (χ1n) is 6.12. The van der Waals surface area contributed by atoms with Gasteiger partial charge in [-0.25, -0.2) is 8.78 Å². The Kier molecular flexibility index (Phi) is 3.71. The van der Waals surface area contributed by atoms with Crippen LogP contribution < -0.4 is 11.1 Å². The van der Waals surface area contributed by atoms with Crippen LogP contribution >= 0.6 is 0 Å². The highest BCUT2D eigenvalue weighted by atomic mass is 19.1. The van der Waals surface area contributed by atoms with Crippen LogP contribution in [0.25, 0.3) is 0 Å². The van der Waals surface area contributed by atoms with Crippen molar-refractivity contribution in [2.24, 2.45) is 10.7 Å². The third kappa shape index (κ3) is 3.20. The zero-order valence-corrected chi connectivity index (χ0v) is 11.1. The molecular weight excluding hydrogens is 250 g/mol. The Hall–Kier alpha value is -1.69. The second kappa shape index (κ2) is 5.13. The molecule has 0 aliphatic heterocycles. The van der Waals surface area contributed by atoms with Crippen molar-refractivity contribution in [2.45, 2.75) is 18.4 Å². The molecule has 4 nitrogen and oxygen atoms in total. The van der Waals surface area contributed by atoms with E-state index >= 15 is 0 Å². The van der Waals surface area contributed by atoms with Crippen molar-refractivity contribution in [1.82, 2.24) is 4.90 Å². The molecule has 0 saturated heterocycles. The molecule has 0 amide bonds. The van der Waals surface area contributed by atoms with Gasteiger partial charge in [0, 0.05) is 11.6 Å². The van der Waals surface area contributed by atoms with Gasteiger partial charge in [-0.2, -0.15) is 0 Å². The van der Waals surface area contributed by atoms with Gasteiger partial charge in [-0.15, -0.1) is 0 Å². The zero-order chi connectivity index (χ0) is 14.0. The molecule has 2 rings (SSSR count). The summed E-state index contributed by atoms with van der Waals surface area (Å²) in [5, 5.41) is 2.58. The number of hydrogen-bond acceptors (Lipinski definition) is 2. The summed E-state index contributed by atoms with van der Waals surface area (Å²) in [4.78, 5) is 6.32. The summed E-state index contributed by atoms with van der Waals surface area (Å²) < 4.78 is 26.4. The van der Waals surface area contributed by atoms with E-state index in [1.54, 1.807) is 0 Å². The molecule has 19 heavy (non-hydrogen) atoms. The summed E-state index contributed by atoms with van der Waals surface area (Å²) in [6, 6.07) is 3.16. The highest BCUT2D eigenvalue weighted by Crippen LogP contribution is 2.40. The van der Waals surface area contributed by atoms with Crippen molar-refractivity contribution < 1.29 is 8.78 Å². The number of likely N-dealkylation sites (N-methyl/N-ethyl adjacent to an activating group) is 1. The van der Waals surface area contributed by atoms with E-state index in [1.807, 2.05) is 14.1 Å². The second-order valence-corrected chi connectivity index (χ2v) is 5.07. The van der Waals surface area contributed by atoms with Crippen LogP contribution in [0.5, 0.6) is 0 Å². The highest BCUT2D eigenvalue weighted by Gasteiger charge is 2.44. The minimum absolute atomic E-state index is 0.00375. The van der Waals surface area contributed by atoms with E-state index in [0.717, 1.165) is 31.0 Å². The summed E-state index contributed by atoms with van der Waals surface area (Å²) in [6.45, 7) is 0.551. The Morgan fingerprint density at radius 2 is 2.11 bits per heavy atom. The van der Waals surface area contributed by atoms with Crippen LogP contribution in [0, 0.1) is 11.6 Å². The van der Waals surface area contributed by atoms with Gasteiger partial charge in [0.05, 0.1) is 12.2 Å². The van der Waals surface area contributed by atoms with Gasteiger partial charge in [0.1, 0.15) is 11.6 Å². The van der Waals surface area contributed by atoms with E-state index in [2.05, 4.69) is 15.2 Å². The minimum atomic E-state index is -0.562. The van der Waals surface area contributed by atoms with Crippen LogP contribution in [-0.4, -0.2) is 37.0 Å². The van der Waals surface area contributed by atoms with E-state index in [-0.39, 0.29) is 17.2 Å². The van der Waals surface area contributed by atoms with E-state index in [1.165, 1.54) is 0 Å². The van der Waals surface area contributed by atoms with Crippen molar-refractivity contribution >= 4 is 11.6 Å². The van der Waals surface area contributed by atoms with Gasteiger partial charge >= 0.3 is 0 Å². The number of rotatable bonds is 4. The third-order valence-electron chi connectivity index (χ3n) is 3.51. The lowest BCUT2D eigenvalue weighted by Crippen LogP contribution is -2.34. The molecule has 3 N–H and O–H groups in total. The number of nitrogens with zero attached hydrogens (tertiary/aromatic N) is 2. The third-order valence-corrected chi connectivity index (χ3v) is 3.51. The molecule has 0 spiro atoms. The lowest BCUT2D eigenvalue weighted by molar-refractivity contribution is 0.279. The number of benzene rings is 1. The molecule has 1 aliphatic rings. The average molecular weight is 268 g/mol. The number of anilines is 1. The quantitative estimate of drug-likeness (QED) is 0.646. The largest absolute Gasteiger partial charge is 0.370 e. The van der Waals surface area contributed by atoms with Crippen LogP contribution in [0.3, 0.4) is 0 Å². The first-order chi connectivity index (χ1) is 8.93. The summed E-state index contributed by atoms with van der Waals surface area (Å²) in [5.41, 5.74) is 5.76. The van der Waals surface area contributed by atoms with Crippen molar-refractivity contribution in [3.8, 4) is 0 Å². The smallest absolute Gasteiger partial charge is 0.193 e. The second-order valence-electron chi connectivity index (χ2n) is 5.07. The molecule has 1 aromatic rings. The number of nitrogens with two attached hydrogens (primary N) is 1. The SMILES string of the molecule is CN(C)C1(CN=C(N)Nc2cc(F)ccc2F)CC1. The fourth-order valence-electron chi connectivity index (χ4n) is 1.89. The van der Waals surface area contributed by atoms with Crippen molar-refractivity contribution in [2.75, 3.05) is 26.0 Å². The summed E-state index contributed by atoms with van der Waals surface area (Å²) in [7, 11) is 4.00. The lowest BCUT2D eigenvalue weighted by atomic mass is 10.2. The van der Waals surface area contributed by atoms with E-state index in [0.29, 0.717) is 6.54 Å². The minimum Gasteiger partial charge on any atom is -0.370 e. The Balaban J connectivity index is 2.01. The molecule has 1 saturated carbocycles. The standard InChI is InChI=1S/C13H18F2N4/c1-19(2)13(5-6-13)8-17-12(16)18-11-7-9(14)3-4-10(11)15/h3-4,7H,5-6,8H2,1-2H3,(H3,16,17,18). The maximum Gasteiger partial charge on any atom is 0.193 e. The first kappa shape index (κ1) is 13.7. The van der Waals surface area contributed by atoms with Crippen LogP contribution in [0.2, 0.25) is 0 Å². The fraction of sp³-hybridized carbons (Fsp3) is 0.462. The van der Waals surface area contributed by atoms with Crippen molar-refractivity contribution in [3.63, 3.8) is 0 Å². The molecule has 0 atom stereocenters. The van der Waals surface area contributed by atoms with Crippen LogP contribution in [0.1, 0.15) is 12.8 Å². The van der Waals surface area contributed by atoms with Crippen molar-refractivity contribution in [1.29, 1.82) is 0 Å². The van der Waals surface area contributed by atoms with Gasteiger partial charge < -0.3 is 16.0 Å². The zero-order valence-electron chi connectivity index (χ0n) is 11.1. The molecule has 1 fully saturated rings. The van der Waals surface area contributed by atoms with E-state index in [4.69, 9.17) is 5.73 Å². The van der Waals surface area contributed by atoms with Crippen molar-refractivity contribution in [3.05, 3.63) is 29.8 Å². The topological polar surface area (TPSA) is 53.6 Å². The Morgan fingerprint density at radius 3 is 2.68 bits per heavy atom. The molecule has 0 bridgehead atoms. The van der Waals surface area contributed by atoms with Gasteiger partial charge in [-0.05, 0) is 39.1 Å². The molecular formula is C13H18F2N4. The van der Waals surface area contributed by atoms with E-state index < -0.39 is 11.6 Å². The Bertz CT molecular complexity index is 495. The van der Waals surface area contributed by atoms with Gasteiger partial charge in [0.25, 0.3) is 0 Å². The summed E-state index contributed by atoms with van der Waals surface area (Å²) in [6.07, 6.45) is 2.15. The molecule has 0 radical (unpaired) electrons. The maximum atomic E-state index is 13.4. The molecule has 0 aromatic heterocycles. The normalized spacial score (nSPS) is 17.6. The average Bonchev–Trinajstić information content (AvgIpc) is 3.12. The van der Waals surface area contributed by atoms with Crippen LogP contribution in [0.4, 0.5) is 14.5 Å². The summed E-state index contributed by atoms with van der Waals surface area (Å²) >= 11 is 0. The molecule has 0 unspecified atom stereocenters. The number of aliphatic imine (C=N–C) groups is 1. The lowest BCUT2D eigenvalue weighted by Gasteiger charge is -2.21. The number of nitrogens with one attached hydrogen (secondary N) is 1. The molecule has 1 aromatic carbocycles. The molecule has 6 heteroatoms. The number of guanidine groups is 1. The van der Waals surface area contributed by atoms with Crippen LogP contribution in [-0.2, 0) is 0 Å². The van der Waals surface area contributed by atoms with Gasteiger partial charge in [-0.1, -0.05) is 0 Å². The van der Waals surface area contributed by atoms with Crippen LogP contribution in [0.15, 0.2) is 23.2 Å². The number of hydrogen-bond donors (Lipinski definition) is 2. The molecule has 1 aliphatic carbocycles. The summed E-state index contributed by atoms with van der Waals surface area (Å²) in [5.74, 6) is -0.991. The number of halogens is 2. The Labute approximate surface area is 111 Å². The van der Waals surface area contributed by atoms with Gasteiger partial charge in [0.15, 0.2) is 5.96 Å².